The number of allylic oxidation sites excluding steroid dienone is 5. The molecule has 0 unspecified atom stereocenters. The average Bonchev–Trinajstić information content (AvgIpc) is 2.86. The number of aromatic carboxylic acids is 1. The fourth-order valence-corrected chi connectivity index (χ4v) is 4.91. The Bertz CT molecular complexity index is 1080. The third-order valence-electron chi connectivity index (χ3n) is 5.91. The van der Waals surface area contributed by atoms with Gasteiger partial charge in [0, 0.05) is 11.0 Å². The molecule has 2 aromatic rings. The van der Waals surface area contributed by atoms with E-state index in [1.165, 1.54) is 50.3 Å². The number of thioether (sulfide) groups is 1. The first-order valence-electron chi connectivity index (χ1n) is 13.1. The summed E-state index contributed by atoms with van der Waals surface area (Å²) in [6.07, 6.45) is 23.1. The van der Waals surface area contributed by atoms with Gasteiger partial charge >= 0.3 is 5.97 Å². The van der Waals surface area contributed by atoms with Gasteiger partial charge < -0.3 is 14.6 Å². The Morgan fingerprint density at radius 3 is 2.44 bits per heavy atom. The quantitative estimate of drug-likeness (QED) is 0.127. The predicted octanol–water partition coefficient (Wildman–Crippen LogP) is 7.92. The third-order valence-corrected chi connectivity index (χ3v) is 7.18. The van der Waals surface area contributed by atoms with Gasteiger partial charge in [0.15, 0.2) is 5.43 Å². The number of unbranched alkanes of at least 4 members (excludes halogenated alkanes) is 7. The van der Waals surface area contributed by atoms with Crippen LogP contribution in [-0.4, -0.2) is 27.5 Å². The zero-order valence-corrected chi connectivity index (χ0v) is 22.3. The molecule has 0 aliphatic heterocycles. The molecule has 36 heavy (non-hydrogen) atoms. The molecule has 2 rings (SSSR count). The summed E-state index contributed by atoms with van der Waals surface area (Å²) in [5, 5.41) is 20.1. The first-order valence-corrected chi connectivity index (χ1v) is 14.0. The molecule has 0 saturated carbocycles. The zero-order chi connectivity index (χ0) is 26.2. The highest BCUT2D eigenvalue weighted by Crippen LogP contribution is 2.30. The molecule has 0 aliphatic carbocycles. The molecular formula is C30H40O5S. The lowest BCUT2D eigenvalue weighted by molar-refractivity contribution is 0.0663. The maximum absolute atomic E-state index is 12.2. The third kappa shape index (κ3) is 10.6. The van der Waals surface area contributed by atoms with E-state index in [9.17, 15) is 19.8 Å². The minimum Gasteiger partial charge on any atom is -0.475 e. The minimum atomic E-state index is -1.28. The van der Waals surface area contributed by atoms with Gasteiger partial charge in [-0.15, -0.1) is 11.8 Å². The van der Waals surface area contributed by atoms with E-state index in [1.807, 2.05) is 24.3 Å². The predicted molar refractivity (Wildman–Crippen MR) is 150 cm³/mol. The van der Waals surface area contributed by atoms with Crippen molar-refractivity contribution in [3.8, 4) is 0 Å². The molecule has 196 valence electrons. The highest BCUT2D eigenvalue weighted by Gasteiger charge is 2.18. The molecule has 2 N–H and O–H groups in total. The molecule has 0 radical (unpaired) electrons. The topological polar surface area (TPSA) is 87.7 Å². The van der Waals surface area contributed by atoms with E-state index in [4.69, 9.17) is 4.42 Å². The SMILES string of the molecule is CCCCCCCCC=CC=CC=C[C@H](Sc1ccc2c(=O)cc(C(=O)O)oc2c1)[C@H](O)CCCC. The van der Waals surface area contributed by atoms with Gasteiger partial charge in [-0.2, -0.15) is 0 Å². The van der Waals surface area contributed by atoms with Crippen molar-refractivity contribution in [3.05, 3.63) is 76.7 Å². The van der Waals surface area contributed by atoms with Gasteiger partial charge in [-0.1, -0.05) is 95.2 Å². The largest absolute Gasteiger partial charge is 0.475 e. The molecule has 0 bridgehead atoms. The van der Waals surface area contributed by atoms with E-state index in [2.05, 4.69) is 26.0 Å². The molecule has 1 aromatic heterocycles. The average molecular weight is 513 g/mol. The normalized spacial score (nSPS) is 13.9. The Labute approximate surface area is 219 Å². The van der Waals surface area contributed by atoms with Crippen LogP contribution in [0.2, 0.25) is 0 Å². The van der Waals surface area contributed by atoms with E-state index in [1.54, 1.807) is 18.2 Å². The van der Waals surface area contributed by atoms with Gasteiger partial charge in [0.25, 0.3) is 0 Å². The number of carboxylic acids is 1. The Morgan fingerprint density at radius 1 is 0.972 bits per heavy atom. The number of carbonyl (C=O) groups is 1. The summed E-state index contributed by atoms with van der Waals surface area (Å²) < 4.78 is 5.42. The van der Waals surface area contributed by atoms with E-state index in [0.29, 0.717) is 11.8 Å². The number of benzene rings is 1. The molecule has 0 spiro atoms. The van der Waals surface area contributed by atoms with E-state index >= 15 is 0 Å². The van der Waals surface area contributed by atoms with Crippen molar-refractivity contribution in [2.24, 2.45) is 0 Å². The molecule has 0 amide bonds. The Morgan fingerprint density at radius 2 is 1.69 bits per heavy atom. The number of hydrogen-bond donors (Lipinski definition) is 2. The Hall–Kier alpha value is -2.57. The van der Waals surface area contributed by atoms with Crippen LogP contribution in [0.5, 0.6) is 0 Å². The first kappa shape index (κ1) is 29.7. The lowest BCUT2D eigenvalue weighted by Gasteiger charge is -2.19. The van der Waals surface area contributed by atoms with Crippen molar-refractivity contribution in [3.63, 3.8) is 0 Å². The van der Waals surface area contributed by atoms with E-state index in [0.717, 1.165) is 30.2 Å². The van der Waals surface area contributed by atoms with Crippen molar-refractivity contribution in [2.75, 3.05) is 0 Å². The summed E-state index contributed by atoms with van der Waals surface area (Å²) in [6, 6.07) is 6.11. The zero-order valence-electron chi connectivity index (χ0n) is 21.5. The van der Waals surface area contributed by atoms with Gasteiger partial charge in [-0.05, 0) is 37.5 Å². The van der Waals surface area contributed by atoms with Crippen molar-refractivity contribution in [1.29, 1.82) is 0 Å². The van der Waals surface area contributed by atoms with Crippen molar-refractivity contribution >= 4 is 28.7 Å². The van der Waals surface area contributed by atoms with Crippen LogP contribution in [0.4, 0.5) is 0 Å². The van der Waals surface area contributed by atoms with Crippen LogP contribution in [0.1, 0.15) is 88.6 Å². The van der Waals surface area contributed by atoms with Gasteiger partial charge in [0.1, 0.15) is 5.58 Å². The second-order valence-corrected chi connectivity index (χ2v) is 10.2. The number of aliphatic hydroxyl groups excluding tert-OH is 1. The molecule has 1 heterocycles. The molecular weight excluding hydrogens is 472 g/mol. The fraction of sp³-hybridized carbons (Fsp3) is 0.467. The molecule has 5 nitrogen and oxygen atoms in total. The Balaban J connectivity index is 2.02. The molecule has 1 aromatic carbocycles. The van der Waals surface area contributed by atoms with Crippen LogP contribution in [0, 0.1) is 0 Å². The fourth-order valence-electron chi connectivity index (χ4n) is 3.81. The molecule has 6 heteroatoms. The van der Waals surface area contributed by atoms with Crippen LogP contribution in [0.3, 0.4) is 0 Å². The second-order valence-electron chi connectivity index (χ2n) is 8.98. The van der Waals surface area contributed by atoms with Crippen LogP contribution >= 0.6 is 11.8 Å². The van der Waals surface area contributed by atoms with Gasteiger partial charge in [-0.25, -0.2) is 4.79 Å². The van der Waals surface area contributed by atoms with Crippen LogP contribution in [0.15, 0.2) is 74.8 Å². The first-order chi connectivity index (χ1) is 17.5. The van der Waals surface area contributed by atoms with Gasteiger partial charge in [0.2, 0.25) is 5.76 Å². The summed E-state index contributed by atoms with van der Waals surface area (Å²) in [6.45, 7) is 4.33. The maximum atomic E-state index is 12.2. The minimum absolute atomic E-state index is 0.194. The van der Waals surface area contributed by atoms with Crippen molar-refractivity contribution in [2.45, 2.75) is 94.3 Å². The highest BCUT2D eigenvalue weighted by molar-refractivity contribution is 8.00. The van der Waals surface area contributed by atoms with Crippen molar-refractivity contribution < 1.29 is 19.4 Å². The highest BCUT2D eigenvalue weighted by atomic mass is 32.2. The lowest BCUT2D eigenvalue weighted by atomic mass is 10.1. The number of hydrogen-bond acceptors (Lipinski definition) is 5. The number of fused-ring (bicyclic) bond motifs is 1. The number of rotatable bonds is 17. The van der Waals surface area contributed by atoms with Gasteiger partial charge in [0.05, 0.1) is 16.7 Å². The van der Waals surface area contributed by atoms with Crippen LogP contribution in [-0.2, 0) is 0 Å². The maximum Gasteiger partial charge on any atom is 0.371 e. The summed E-state index contributed by atoms with van der Waals surface area (Å²) in [7, 11) is 0. The van der Waals surface area contributed by atoms with Crippen LogP contribution in [0.25, 0.3) is 11.0 Å². The number of carboxylic acid groups (broad SMARTS) is 1. The molecule has 2 atom stereocenters. The van der Waals surface area contributed by atoms with Crippen molar-refractivity contribution in [1.82, 2.24) is 0 Å². The monoisotopic (exact) mass is 512 g/mol. The molecule has 0 aliphatic rings. The number of aliphatic hydroxyl groups is 1. The molecule has 0 saturated heterocycles. The standard InChI is InChI=1S/C30H40O5S/c1-3-5-7-8-9-10-11-12-13-14-15-16-18-29(25(31)17-6-4-2)36-23-19-20-24-26(32)22-28(30(33)34)35-27(24)21-23/h12-16,18-22,25,29,31H,3-11,17H2,1-2H3,(H,33,34)/t25-,29+/m1/s1. The smallest absolute Gasteiger partial charge is 0.371 e. The molecule has 0 fully saturated rings. The van der Waals surface area contributed by atoms with E-state index < -0.39 is 12.1 Å². The van der Waals surface area contributed by atoms with Crippen LogP contribution < -0.4 is 5.43 Å². The lowest BCUT2D eigenvalue weighted by Crippen LogP contribution is -2.20. The summed E-state index contributed by atoms with van der Waals surface area (Å²) in [5.74, 6) is -1.67. The van der Waals surface area contributed by atoms with E-state index in [-0.39, 0.29) is 22.0 Å². The Kier molecular flexibility index (Phi) is 14.0. The summed E-state index contributed by atoms with van der Waals surface area (Å²) in [5.41, 5.74) is -0.162. The second kappa shape index (κ2) is 17.0. The summed E-state index contributed by atoms with van der Waals surface area (Å²) >= 11 is 1.47. The van der Waals surface area contributed by atoms with Gasteiger partial charge in [-0.3, -0.25) is 4.79 Å². The summed E-state index contributed by atoms with van der Waals surface area (Å²) in [4.78, 5) is 24.3.